The molecule has 0 saturated carbocycles. The van der Waals surface area contributed by atoms with E-state index in [0.717, 1.165) is 17.1 Å². The summed E-state index contributed by atoms with van der Waals surface area (Å²) in [7, 11) is 0. The van der Waals surface area contributed by atoms with Crippen LogP contribution in [0.25, 0.3) is 0 Å². The van der Waals surface area contributed by atoms with Gasteiger partial charge in [-0.3, -0.25) is 10.1 Å². The standard InChI is InChI=1S/C19H23N3O3S/c1-4-9-22-14-8-7-13(20-18(24)21-16-6-5-10-26-16)11-15(14)25-12-19(2,3)17(22)23/h5-8,10-11H,4,9,12H2,1-3H3,(H2,20,21,24). The minimum atomic E-state index is -0.599. The van der Waals surface area contributed by atoms with Crippen molar-refractivity contribution in [3.05, 3.63) is 35.7 Å². The molecule has 26 heavy (non-hydrogen) atoms. The molecule has 7 heteroatoms. The highest BCUT2D eigenvalue weighted by Crippen LogP contribution is 2.38. The van der Waals surface area contributed by atoms with E-state index in [1.165, 1.54) is 11.3 Å². The number of anilines is 3. The van der Waals surface area contributed by atoms with E-state index in [9.17, 15) is 9.59 Å². The van der Waals surface area contributed by atoms with Gasteiger partial charge in [0.1, 0.15) is 12.4 Å². The lowest BCUT2D eigenvalue weighted by Crippen LogP contribution is -2.42. The summed E-state index contributed by atoms with van der Waals surface area (Å²) in [6.45, 7) is 6.74. The number of fused-ring (bicyclic) bond motifs is 1. The molecule has 2 aromatic rings. The number of benzene rings is 1. The SMILES string of the molecule is CCCN1C(=O)C(C)(C)COc2cc(NC(=O)Nc3cccs3)ccc21. The molecular weight excluding hydrogens is 350 g/mol. The first kappa shape index (κ1) is 18.3. The maximum Gasteiger partial charge on any atom is 0.324 e. The van der Waals surface area contributed by atoms with E-state index < -0.39 is 5.41 Å². The van der Waals surface area contributed by atoms with Crippen molar-refractivity contribution in [3.8, 4) is 5.75 Å². The topological polar surface area (TPSA) is 70.7 Å². The Balaban J connectivity index is 1.82. The normalized spacial score (nSPS) is 15.7. The first-order valence-corrected chi connectivity index (χ1v) is 9.49. The summed E-state index contributed by atoms with van der Waals surface area (Å²) < 4.78 is 5.91. The summed E-state index contributed by atoms with van der Waals surface area (Å²) in [5.74, 6) is 0.653. The zero-order chi connectivity index (χ0) is 18.7. The van der Waals surface area contributed by atoms with Crippen molar-refractivity contribution in [1.29, 1.82) is 0 Å². The van der Waals surface area contributed by atoms with Gasteiger partial charge in [0, 0.05) is 18.3 Å². The molecule has 0 atom stereocenters. The molecule has 0 radical (unpaired) electrons. The van der Waals surface area contributed by atoms with E-state index >= 15 is 0 Å². The highest BCUT2D eigenvalue weighted by atomic mass is 32.1. The van der Waals surface area contributed by atoms with Gasteiger partial charge in [0.15, 0.2) is 0 Å². The number of thiophene rings is 1. The van der Waals surface area contributed by atoms with Crippen molar-refractivity contribution < 1.29 is 14.3 Å². The van der Waals surface area contributed by atoms with Gasteiger partial charge in [0.25, 0.3) is 0 Å². The summed E-state index contributed by atoms with van der Waals surface area (Å²) >= 11 is 1.45. The number of amides is 3. The highest BCUT2D eigenvalue weighted by molar-refractivity contribution is 7.14. The van der Waals surface area contributed by atoms with Gasteiger partial charge in [0.05, 0.1) is 16.1 Å². The number of nitrogens with one attached hydrogen (secondary N) is 2. The Morgan fingerprint density at radius 3 is 2.81 bits per heavy atom. The third-order valence-electron chi connectivity index (χ3n) is 4.13. The third-order valence-corrected chi connectivity index (χ3v) is 4.91. The minimum Gasteiger partial charge on any atom is -0.490 e. The van der Waals surface area contributed by atoms with Gasteiger partial charge in [-0.1, -0.05) is 6.92 Å². The van der Waals surface area contributed by atoms with Crippen LogP contribution in [0, 0.1) is 5.41 Å². The molecule has 138 valence electrons. The molecule has 1 aromatic carbocycles. The summed E-state index contributed by atoms with van der Waals surface area (Å²) in [5, 5.41) is 8.25. The molecule has 0 unspecified atom stereocenters. The molecule has 0 spiro atoms. The van der Waals surface area contributed by atoms with Crippen LogP contribution in [0.3, 0.4) is 0 Å². The van der Waals surface area contributed by atoms with Gasteiger partial charge < -0.3 is 15.0 Å². The number of ether oxygens (including phenoxy) is 1. The van der Waals surface area contributed by atoms with Gasteiger partial charge in [-0.15, -0.1) is 11.3 Å². The molecular formula is C19H23N3O3S. The average molecular weight is 373 g/mol. The monoisotopic (exact) mass is 373 g/mol. The largest absolute Gasteiger partial charge is 0.490 e. The molecule has 0 fully saturated rings. The van der Waals surface area contributed by atoms with Crippen LogP contribution in [0.4, 0.5) is 21.2 Å². The summed E-state index contributed by atoms with van der Waals surface area (Å²) in [4.78, 5) is 26.7. The van der Waals surface area contributed by atoms with Crippen LogP contribution < -0.4 is 20.3 Å². The van der Waals surface area contributed by atoms with Crippen LogP contribution in [0.1, 0.15) is 27.2 Å². The van der Waals surface area contributed by atoms with Gasteiger partial charge in [-0.05, 0) is 49.9 Å². The first-order valence-electron chi connectivity index (χ1n) is 8.61. The molecule has 2 heterocycles. The number of hydrogen-bond acceptors (Lipinski definition) is 4. The van der Waals surface area contributed by atoms with E-state index in [-0.39, 0.29) is 11.9 Å². The fourth-order valence-corrected chi connectivity index (χ4v) is 3.41. The van der Waals surface area contributed by atoms with E-state index in [2.05, 4.69) is 10.6 Å². The van der Waals surface area contributed by atoms with Gasteiger partial charge in [0.2, 0.25) is 5.91 Å². The van der Waals surface area contributed by atoms with Crippen molar-refractivity contribution in [2.75, 3.05) is 28.7 Å². The summed E-state index contributed by atoms with van der Waals surface area (Å²) in [6, 6.07) is 8.76. The molecule has 1 aliphatic rings. The van der Waals surface area contributed by atoms with Crippen molar-refractivity contribution in [3.63, 3.8) is 0 Å². The van der Waals surface area contributed by atoms with Crippen molar-refractivity contribution in [2.45, 2.75) is 27.2 Å². The molecule has 0 saturated heterocycles. The second-order valence-electron chi connectivity index (χ2n) is 6.87. The van der Waals surface area contributed by atoms with Crippen LogP contribution in [-0.4, -0.2) is 25.1 Å². The molecule has 0 aliphatic carbocycles. The predicted molar refractivity (Wildman–Crippen MR) is 105 cm³/mol. The maximum atomic E-state index is 12.8. The lowest BCUT2D eigenvalue weighted by Gasteiger charge is -2.27. The lowest BCUT2D eigenvalue weighted by atomic mass is 9.93. The fourth-order valence-electron chi connectivity index (χ4n) is 2.79. The lowest BCUT2D eigenvalue weighted by molar-refractivity contribution is -0.127. The van der Waals surface area contributed by atoms with E-state index in [1.807, 2.05) is 44.4 Å². The van der Waals surface area contributed by atoms with Crippen molar-refractivity contribution in [2.24, 2.45) is 5.41 Å². The molecule has 0 bridgehead atoms. The number of urea groups is 1. The van der Waals surface area contributed by atoms with Crippen LogP contribution in [0.5, 0.6) is 5.75 Å². The number of carbonyl (C=O) groups is 2. The molecule has 3 amide bonds. The van der Waals surface area contributed by atoms with Crippen molar-refractivity contribution in [1.82, 2.24) is 0 Å². The Kier molecular flexibility index (Phi) is 5.18. The Bertz CT molecular complexity index is 802. The summed E-state index contributed by atoms with van der Waals surface area (Å²) in [6.07, 6.45) is 0.852. The van der Waals surface area contributed by atoms with Crippen LogP contribution in [0.2, 0.25) is 0 Å². The quantitative estimate of drug-likeness (QED) is 0.826. The second-order valence-corrected chi connectivity index (χ2v) is 7.82. The van der Waals surface area contributed by atoms with Crippen LogP contribution >= 0.6 is 11.3 Å². The predicted octanol–water partition coefficient (Wildman–Crippen LogP) is 4.55. The van der Waals surface area contributed by atoms with Crippen molar-refractivity contribution >= 4 is 39.7 Å². The maximum absolute atomic E-state index is 12.8. The van der Waals surface area contributed by atoms with E-state index in [4.69, 9.17) is 4.74 Å². The zero-order valence-corrected chi connectivity index (χ0v) is 16.0. The number of hydrogen-bond donors (Lipinski definition) is 2. The Labute approximate surface area is 157 Å². The number of rotatable bonds is 4. The molecule has 2 N–H and O–H groups in total. The molecule has 6 nitrogen and oxygen atoms in total. The molecule has 1 aromatic heterocycles. The fraction of sp³-hybridized carbons (Fsp3) is 0.368. The minimum absolute atomic E-state index is 0.0502. The Hall–Kier alpha value is -2.54. The first-order chi connectivity index (χ1) is 12.4. The number of carbonyl (C=O) groups excluding carboxylic acids is 2. The zero-order valence-electron chi connectivity index (χ0n) is 15.2. The van der Waals surface area contributed by atoms with Gasteiger partial charge in [-0.25, -0.2) is 4.79 Å². The number of nitrogens with zero attached hydrogens (tertiary/aromatic N) is 1. The van der Waals surface area contributed by atoms with Gasteiger partial charge >= 0.3 is 6.03 Å². The smallest absolute Gasteiger partial charge is 0.324 e. The van der Waals surface area contributed by atoms with E-state index in [1.54, 1.807) is 17.0 Å². The third kappa shape index (κ3) is 3.83. The second kappa shape index (κ2) is 7.37. The van der Waals surface area contributed by atoms with Crippen LogP contribution in [0.15, 0.2) is 35.7 Å². The highest BCUT2D eigenvalue weighted by Gasteiger charge is 2.37. The van der Waals surface area contributed by atoms with E-state index in [0.29, 0.717) is 24.6 Å². The van der Waals surface area contributed by atoms with Gasteiger partial charge in [-0.2, -0.15) is 0 Å². The molecule has 1 aliphatic heterocycles. The Morgan fingerprint density at radius 2 is 2.12 bits per heavy atom. The summed E-state index contributed by atoms with van der Waals surface area (Å²) in [5.41, 5.74) is 0.756. The molecule has 3 rings (SSSR count). The Morgan fingerprint density at radius 1 is 1.31 bits per heavy atom. The average Bonchev–Trinajstić information content (AvgIpc) is 3.07. The van der Waals surface area contributed by atoms with Crippen LogP contribution in [-0.2, 0) is 4.79 Å².